The number of amides is 3. The predicted octanol–water partition coefficient (Wildman–Crippen LogP) is 2.89. The maximum atomic E-state index is 12.4. The number of carbonyl (C=O) groups excluding carboxylic acids is 3. The van der Waals surface area contributed by atoms with E-state index in [1.807, 2.05) is 18.2 Å². The van der Waals surface area contributed by atoms with Crippen LogP contribution >= 0.6 is 0 Å². The van der Waals surface area contributed by atoms with Crippen LogP contribution in [0.4, 0.5) is 4.79 Å². The predicted molar refractivity (Wildman–Crippen MR) is 112 cm³/mol. The SMILES string of the molecule is O=C(COC(=O)COc1ccc2c(c1)CCC2)NC(=O)NC12CC3CC(CC(C3)C1)C2. The van der Waals surface area contributed by atoms with Crippen molar-refractivity contribution in [3.63, 3.8) is 0 Å². The van der Waals surface area contributed by atoms with E-state index in [-0.39, 0.29) is 12.1 Å². The van der Waals surface area contributed by atoms with Crippen molar-refractivity contribution in [2.24, 2.45) is 17.8 Å². The minimum absolute atomic E-state index is 0.167. The molecule has 6 rings (SSSR count). The fraction of sp³-hybridized carbons (Fsp3) is 0.625. The van der Waals surface area contributed by atoms with E-state index in [9.17, 15) is 14.4 Å². The van der Waals surface area contributed by atoms with Crippen LogP contribution in [0.5, 0.6) is 5.75 Å². The molecule has 166 valence electrons. The Bertz CT molecular complexity index is 861. The number of ether oxygens (including phenoxy) is 2. The summed E-state index contributed by atoms with van der Waals surface area (Å²) in [6.07, 6.45) is 10.1. The summed E-state index contributed by atoms with van der Waals surface area (Å²) in [7, 11) is 0. The molecule has 0 spiro atoms. The van der Waals surface area contributed by atoms with Gasteiger partial charge in [0.05, 0.1) is 0 Å². The van der Waals surface area contributed by atoms with Gasteiger partial charge < -0.3 is 14.8 Å². The molecule has 3 amide bonds. The van der Waals surface area contributed by atoms with Gasteiger partial charge in [-0.15, -0.1) is 0 Å². The highest BCUT2D eigenvalue weighted by Gasteiger charge is 2.51. The van der Waals surface area contributed by atoms with E-state index in [1.54, 1.807) is 0 Å². The average Bonchev–Trinajstić information content (AvgIpc) is 3.17. The molecule has 1 aromatic rings. The van der Waals surface area contributed by atoms with Crippen LogP contribution < -0.4 is 15.4 Å². The minimum atomic E-state index is -0.642. The molecule has 1 aromatic carbocycles. The third kappa shape index (κ3) is 4.55. The van der Waals surface area contributed by atoms with Gasteiger partial charge in [-0.2, -0.15) is 0 Å². The molecule has 0 saturated heterocycles. The van der Waals surface area contributed by atoms with Gasteiger partial charge in [0.15, 0.2) is 13.2 Å². The number of fused-ring (bicyclic) bond motifs is 1. The highest BCUT2D eigenvalue weighted by atomic mass is 16.6. The van der Waals surface area contributed by atoms with Crippen molar-refractivity contribution in [2.45, 2.75) is 63.3 Å². The quantitative estimate of drug-likeness (QED) is 0.683. The molecule has 0 radical (unpaired) electrons. The lowest BCUT2D eigenvalue weighted by atomic mass is 9.53. The lowest BCUT2D eigenvalue weighted by Gasteiger charge is -2.56. The first-order valence-electron chi connectivity index (χ1n) is 11.5. The lowest BCUT2D eigenvalue weighted by Crippen LogP contribution is -2.62. The number of aryl methyl sites for hydroxylation is 2. The molecule has 0 unspecified atom stereocenters. The zero-order valence-corrected chi connectivity index (χ0v) is 17.8. The van der Waals surface area contributed by atoms with Crippen LogP contribution in [-0.2, 0) is 27.2 Å². The average molecular weight is 427 g/mol. The van der Waals surface area contributed by atoms with Crippen molar-refractivity contribution >= 4 is 17.9 Å². The van der Waals surface area contributed by atoms with E-state index in [1.165, 1.54) is 30.4 Å². The number of benzene rings is 1. The van der Waals surface area contributed by atoms with Crippen LogP contribution in [0.1, 0.15) is 56.1 Å². The van der Waals surface area contributed by atoms with Gasteiger partial charge in [-0.3, -0.25) is 10.1 Å². The Hall–Kier alpha value is -2.57. The molecule has 2 N–H and O–H groups in total. The maximum absolute atomic E-state index is 12.4. The maximum Gasteiger partial charge on any atom is 0.344 e. The van der Waals surface area contributed by atoms with Crippen LogP contribution in [0.15, 0.2) is 18.2 Å². The summed E-state index contributed by atoms with van der Waals surface area (Å²) < 4.78 is 10.4. The van der Waals surface area contributed by atoms with Crippen LogP contribution in [0.3, 0.4) is 0 Å². The fourth-order valence-corrected chi connectivity index (χ4v) is 6.67. The second-order valence-electron chi connectivity index (χ2n) is 9.93. The molecule has 0 aliphatic heterocycles. The van der Waals surface area contributed by atoms with Gasteiger partial charge >= 0.3 is 12.0 Å². The Labute approximate surface area is 182 Å². The number of esters is 1. The molecule has 0 atom stereocenters. The lowest BCUT2D eigenvalue weighted by molar-refractivity contribution is -0.150. The highest BCUT2D eigenvalue weighted by Crippen LogP contribution is 2.55. The Morgan fingerprint density at radius 1 is 0.935 bits per heavy atom. The van der Waals surface area contributed by atoms with Crippen LogP contribution in [-0.4, -0.2) is 36.7 Å². The van der Waals surface area contributed by atoms with Crippen molar-refractivity contribution in [1.82, 2.24) is 10.6 Å². The summed E-state index contributed by atoms with van der Waals surface area (Å²) in [5, 5.41) is 5.38. The molecule has 31 heavy (non-hydrogen) atoms. The zero-order chi connectivity index (χ0) is 21.4. The van der Waals surface area contributed by atoms with E-state index in [0.717, 1.165) is 38.5 Å². The molecule has 7 nitrogen and oxygen atoms in total. The Morgan fingerprint density at radius 3 is 2.32 bits per heavy atom. The van der Waals surface area contributed by atoms with Gasteiger partial charge in [0.1, 0.15) is 5.75 Å². The van der Waals surface area contributed by atoms with Crippen molar-refractivity contribution < 1.29 is 23.9 Å². The minimum Gasteiger partial charge on any atom is -0.482 e. The van der Waals surface area contributed by atoms with Crippen LogP contribution in [0, 0.1) is 17.8 Å². The number of nitrogens with one attached hydrogen (secondary N) is 2. The van der Waals surface area contributed by atoms with Crippen molar-refractivity contribution in [1.29, 1.82) is 0 Å². The summed E-state index contributed by atoms with van der Waals surface area (Å²) in [5.74, 6) is 1.46. The normalized spacial score (nSPS) is 29.9. The summed E-state index contributed by atoms with van der Waals surface area (Å²) in [6, 6.07) is 5.34. The fourth-order valence-electron chi connectivity index (χ4n) is 6.67. The van der Waals surface area contributed by atoms with Crippen molar-refractivity contribution in [3.05, 3.63) is 29.3 Å². The molecular weight excluding hydrogens is 396 g/mol. The summed E-state index contributed by atoms with van der Waals surface area (Å²) >= 11 is 0. The molecule has 0 aromatic heterocycles. The monoisotopic (exact) mass is 426 g/mol. The largest absolute Gasteiger partial charge is 0.482 e. The van der Waals surface area contributed by atoms with E-state index < -0.39 is 24.5 Å². The zero-order valence-electron chi connectivity index (χ0n) is 17.8. The standard InChI is InChI=1S/C24H30N2O5/c27-21(13-31-22(28)14-30-20-5-4-18-2-1-3-19(18)9-20)25-23(29)26-24-10-15-6-16(11-24)8-17(7-15)12-24/h4-5,9,15-17H,1-3,6-8,10-14H2,(H2,25,26,27,29). The van der Waals surface area contributed by atoms with Crippen LogP contribution in [0.2, 0.25) is 0 Å². The number of carbonyl (C=O) groups is 3. The third-order valence-electron chi connectivity index (χ3n) is 7.46. The first-order chi connectivity index (χ1) is 15.0. The first-order valence-corrected chi connectivity index (χ1v) is 11.5. The third-order valence-corrected chi connectivity index (χ3v) is 7.46. The molecule has 4 fully saturated rings. The number of rotatable bonds is 6. The smallest absolute Gasteiger partial charge is 0.344 e. The summed E-state index contributed by atoms with van der Waals surface area (Å²) in [4.78, 5) is 36.3. The summed E-state index contributed by atoms with van der Waals surface area (Å²) in [6.45, 7) is -0.772. The van der Waals surface area contributed by atoms with Gasteiger partial charge in [-0.1, -0.05) is 6.07 Å². The molecular formula is C24H30N2O5. The van der Waals surface area contributed by atoms with Crippen molar-refractivity contribution in [2.75, 3.05) is 13.2 Å². The Balaban J connectivity index is 1.03. The van der Waals surface area contributed by atoms with E-state index in [2.05, 4.69) is 10.6 Å². The van der Waals surface area contributed by atoms with Crippen LogP contribution in [0.25, 0.3) is 0 Å². The molecule has 5 aliphatic rings. The molecule has 0 heterocycles. The summed E-state index contributed by atoms with van der Waals surface area (Å²) in [5.41, 5.74) is 2.42. The first kappa shape index (κ1) is 20.3. The second-order valence-corrected chi connectivity index (χ2v) is 9.93. The van der Waals surface area contributed by atoms with E-state index in [0.29, 0.717) is 23.5 Å². The van der Waals surface area contributed by atoms with E-state index in [4.69, 9.17) is 9.47 Å². The Morgan fingerprint density at radius 2 is 1.61 bits per heavy atom. The Kier molecular flexibility index (Phi) is 5.36. The van der Waals surface area contributed by atoms with Gasteiger partial charge in [-0.05, 0) is 98.8 Å². The molecule has 4 saturated carbocycles. The topological polar surface area (TPSA) is 93.7 Å². The van der Waals surface area contributed by atoms with Crippen molar-refractivity contribution in [3.8, 4) is 5.75 Å². The number of hydrogen-bond acceptors (Lipinski definition) is 5. The number of urea groups is 1. The molecule has 4 bridgehead atoms. The van der Waals surface area contributed by atoms with E-state index >= 15 is 0 Å². The second kappa shape index (κ2) is 8.17. The number of hydrogen-bond donors (Lipinski definition) is 2. The van der Waals surface area contributed by atoms with Gasteiger partial charge in [0.2, 0.25) is 0 Å². The van der Waals surface area contributed by atoms with Gasteiger partial charge in [-0.25, -0.2) is 9.59 Å². The molecule has 7 heteroatoms. The molecule has 5 aliphatic carbocycles. The van der Waals surface area contributed by atoms with Gasteiger partial charge in [0, 0.05) is 5.54 Å². The number of imide groups is 1. The highest BCUT2D eigenvalue weighted by molar-refractivity contribution is 5.95. The van der Waals surface area contributed by atoms with Gasteiger partial charge in [0.25, 0.3) is 5.91 Å².